The minimum Gasteiger partial charge on any atom is -0.393 e. The maximum atomic E-state index is 9.59. The Bertz CT molecular complexity index is 211. The standard InChI is InChI=1S/C11H23N3O.HI/c1-2-3-7-13-11(12)14-8-9-5-4-6-10(9)15;/h9-10,15H,2-8H2,1H3,(H3,12,13,14);1H. The van der Waals surface area contributed by atoms with Crippen LogP contribution < -0.4 is 11.1 Å². The lowest BCUT2D eigenvalue weighted by molar-refractivity contribution is 0.136. The smallest absolute Gasteiger partial charge is 0.188 e. The fraction of sp³-hybridized carbons (Fsp3) is 0.909. The Kier molecular flexibility index (Phi) is 9.02. The third-order valence-corrected chi connectivity index (χ3v) is 2.95. The van der Waals surface area contributed by atoms with Gasteiger partial charge in [-0.3, -0.25) is 4.99 Å². The molecule has 1 rings (SSSR count). The maximum Gasteiger partial charge on any atom is 0.188 e. The van der Waals surface area contributed by atoms with Gasteiger partial charge in [0.2, 0.25) is 0 Å². The zero-order chi connectivity index (χ0) is 11.1. The summed E-state index contributed by atoms with van der Waals surface area (Å²) in [7, 11) is 0. The van der Waals surface area contributed by atoms with E-state index in [0.717, 1.165) is 38.6 Å². The lowest BCUT2D eigenvalue weighted by atomic mass is 10.1. The molecule has 0 spiro atoms. The van der Waals surface area contributed by atoms with Gasteiger partial charge < -0.3 is 16.2 Å². The van der Waals surface area contributed by atoms with Crippen molar-refractivity contribution in [2.45, 2.75) is 45.1 Å². The van der Waals surface area contributed by atoms with Crippen molar-refractivity contribution < 1.29 is 5.11 Å². The molecule has 1 aliphatic rings. The van der Waals surface area contributed by atoms with Crippen LogP contribution in [0.2, 0.25) is 0 Å². The Balaban J connectivity index is 0.00000225. The van der Waals surface area contributed by atoms with E-state index in [-0.39, 0.29) is 30.1 Å². The van der Waals surface area contributed by atoms with Gasteiger partial charge in [-0.25, -0.2) is 0 Å². The third-order valence-electron chi connectivity index (χ3n) is 2.95. The molecule has 0 aliphatic heterocycles. The molecule has 96 valence electrons. The highest BCUT2D eigenvalue weighted by Gasteiger charge is 2.24. The van der Waals surface area contributed by atoms with Crippen LogP contribution in [0.15, 0.2) is 4.99 Å². The molecular weight excluding hydrogens is 317 g/mol. The van der Waals surface area contributed by atoms with E-state index in [1.807, 2.05) is 0 Å². The fourth-order valence-electron chi connectivity index (χ4n) is 1.89. The van der Waals surface area contributed by atoms with Crippen LogP contribution in [0.4, 0.5) is 0 Å². The number of hydrogen-bond acceptors (Lipinski definition) is 2. The second kappa shape index (κ2) is 9.04. The molecule has 0 bridgehead atoms. The number of nitrogens with zero attached hydrogens (tertiary/aromatic N) is 1. The van der Waals surface area contributed by atoms with Gasteiger partial charge in [0, 0.05) is 19.0 Å². The number of rotatable bonds is 5. The van der Waals surface area contributed by atoms with Crippen LogP contribution in [-0.4, -0.2) is 30.3 Å². The molecule has 1 saturated carbocycles. The van der Waals surface area contributed by atoms with E-state index in [2.05, 4.69) is 17.2 Å². The van der Waals surface area contributed by atoms with Gasteiger partial charge in [0.25, 0.3) is 0 Å². The quantitative estimate of drug-likeness (QED) is 0.307. The second-order valence-corrected chi connectivity index (χ2v) is 4.26. The van der Waals surface area contributed by atoms with Crippen LogP contribution in [0.5, 0.6) is 0 Å². The van der Waals surface area contributed by atoms with Gasteiger partial charge >= 0.3 is 0 Å². The zero-order valence-electron chi connectivity index (χ0n) is 9.98. The molecular formula is C11H24IN3O. The van der Waals surface area contributed by atoms with Crippen molar-refractivity contribution in [1.29, 1.82) is 0 Å². The molecule has 4 N–H and O–H groups in total. The molecule has 0 radical (unpaired) electrons. The van der Waals surface area contributed by atoms with Gasteiger partial charge in [-0.05, 0) is 19.3 Å². The molecule has 1 aliphatic carbocycles. The van der Waals surface area contributed by atoms with E-state index in [9.17, 15) is 5.11 Å². The summed E-state index contributed by atoms with van der Waals surface area (Å²) in [4.78, 5) is 4.25. The van der Waals surface area contributed by atoms with Crippen LogP contribution in [0.3, 0.4) is 0 Å². The lowest BCUT2D eigenvalue weighted by Gasteiger charge is -2.12. The summed E-state index contributed by atoms with van der Waals surface area (Å²) in [6.45, 7) is 3.69. The molecule has 0 amide bonds. The SMILES string of the molecule is CCCCNC(N)=NCC1CCCC1O.I. The number of nitrogens with one attached hydrogen (secondary N) is 1. The van der Waals surface area contributed by atoms with Gasteiger partial charge in [0.1, 0.15) is 0 Å². The molecule has 0 heterocycles. The van der Waals surface area contributed by atoms with Gasteiger partial charge in [-0.2, -0.15) is 0 Å². The number of halogens is 1. The van der Waals surface area contributed by atoms with E-state index in [0.29, 0.717) is 18.4 Å². The Labute approximate surface area is 115 Å². The van der Waals surface area contributed by atoms with Crippen LogP contribution >= 0.6 is 24.0 Å². The molecule has 0 aromatic carbocycles. The summed E-state index contributed by atoms with van der Waals surface area (Å²) in [5.41, 5.74) is 5.70. The molecule has 0 aromatic heterocycles. The number of hydrogen-bond donors (Lipinski definition) is 3. The molecule has 5 heteroatoms. The first-order valence-electron chi connectivity index (χ1n) is 5.96. The average molecular weight is 341 g/mol. The number of guanidine groups is 1. The van der Waals surface area contributed by atoms with Crippen molar-refractivity contribution in [3.8, 4) is 0 Å². The predicted octanol–water partition coefficient (Wildman–Crippen LogP) is 1.47. The molecule has 4 nitrogen and oxygen atoms in total. The van der Waals surface area contributed by atoms with Crippen molar-refractivity contribution in [2.75, 3.05) is 13.1 Å². The number of unbranched alkanes of at least 4 members (excludes halogenated alkanes) is 1. The van der Waals surface area contributed by atoms with Crippen LogP contribution in [0, 0.1) is 5.92 Å². The minimum atomic E-state index is -0.169. The van der Waals surface area contributed by atoms with Gasteiger partial charge in [-0.15, -0.1) is 24.0 Å². The summed E-state index contributed by atoms with van der Waals surface area (Å²) < 4.78 is 0. The lowest BCUT2D eigenvalue weighted by Crippen LogP contribution is -2.33. The monoisotopic (exact) mass is 341 g/mol. The van der Waals surface area contributed by atoms with E-state index in [1.54, 1.807) is 0 Å². The normalized spacial score (nSPS) is 25.2. The summed E-state index contributed by atoms with van der Waals surface area (Å²) in [5, 5.41) is 12.7. The van der Waals surface area contributed by atoms with Crippen molar-refractivity contribution in [3.63, 3.8) is 0 Å². The van der Waals surface area contributed by atoms with Gasteiger partial charge in [0.15, 0.2) is 5.96 Å². The van der Waals surface area contributed by atoms with Crippen molar-refractivity contribution in [3.05, 3.63) is 0 Å². The molecule has 0 saturated heterocycles. The summed E-state index contributed by atoms with van der Waals surface area (Å²) in [5.74, 6) is 0.832. The van der Waals surface area contributed by atoms with Gasteiger partial charge in [-0.1, -0.05) is 19.8 Å². The molecule has 1 fully saturated rings. The Hall–Kier alpha value is -0.0400. The number of aliphatic hydroxyl groups excluding tert-OH is 1. The zero-order valence-corrected chi connectivity index (χ0v) is 12.3. The third kappa shape index (κ3) is 5.89. The van der Waals surface area contributed by atoms with Crippen molar-refractivity contribution in [1.82, 2.24) is 5.32 Å². The Morgan fingerprint density at radius 3 is 2.81 bits per heavy atom. The molecule has 0 aromatic rings. The highest BCUT2D eigenvalue weighted by atomic mass is 127. The van der Waals surface area contributed by atoms with E-state index >= 15 is 0 Å². The van der Waals surface area contributed by atoms with Crippen LogP contribution in [0.1, 0.15) is 39.0 Å². The highest BCUT2D eigenvalue weighted by Crippen LogP contribution is 2.25. The average Bonchev–Trinajstić information content (AvgIpc) is 2.61. The van der Waals surface area contributed by atoms with Crippen molar-refractivity contribution in [2.24, 2.45) is 16.6 Å². The Morgan fingerprint density at radius 2 is 2.25 bits per heavy atom. The predicted molar refractivity (Wildman–Crippen MR) is 78.2 cm³/mol. The van der Waals surface area contributed by atoms with Crippen molar-refractivity contribution >= 4 is 29.9 Å². The number of nitrogens with two attached hydrogens (primary N) is 1. The molecule has 2 atom stereocenters. The maximum absolute atomic E-state index is 9.59. The van der Waals surface area contributed by atoms with Crippen LogP contribution in [0.25, 0.3) is 0 Å². The highest BCUT2D eigenvalue weighted by molar-refractivity contribution is 14.0. The minimum absolute atomic E-state index is 0. The number of aliphatic hydroxyl groups is 1. The first-order valence-corrected chi connectivity index (χ1v) is 5.96. The van der Waals surface area contributed by atoms with E-state index < -0.39 is 0 Å². The summed E-state index contributed by atoms with van der Waals surface area (Å²) >= 11 is 0. The first kappa shape index (κ1) is 16.0. The topological polar surface area (TPSA) is 70.6 Å². The first-order chi connectivity index (χ1) is 7.24. The van der Waals surface area contributed by atoms with Crippen LogP contribution in [-0.2, 0) is 0 Å². The van der Waals surface area contributed by atoms with E-state index in [1.165, 1.54) is 0 Å². The fourth-order valence-corrected chi connectivity index (χ4v) is 1.89. The molecule has 16 heavy (non-hydrogen) atoms. The second-order valence-electron chi connectivity index (χ2n) is 4.26. The summed E-state index contributed by atoms with van der Waals surface area (Å²) in [6.07, 6.45) is 5.21. The van der Waals surface area contributed by atoms with Gasteiger partial charge in [0.05, 0.1) is 6.10 Å². The number of aliphatic imine (C=N–C) groups is 1. The summed E-state index contributed by atoms with van der Waals surface area (Å²) in [6, 6.07) is 0. The Morgan fingerprint density at radius 1 is 1.50 bits per heavy atom. The largest absolute Gasteiger partial charge is 0.393 e. The molecule has 2 unspecified atom stereocenters. The van der Waals surface area contributed by atoms with E-state index in [4.69, 9.17) is 5.73 Å².